The fraction of sp³-hybridized carbons (Fsp3) is 0. The van der Waals surface area contributed by atoms with Crippen molar-refractivity contribution in [2.24, 2.45) is 11.8 Å². The molecule has 0 spiro atoms. The molecule has 0 saturated carbocycles. The SMILES string of the molecule is NOS(=O)(=O)O.NOS(=O)(=O)O.[O]=[Mo](=[O])([OH])[OH]. The maximum atomic E-state index is 9.21. The van der Waals surface area contributed by atoms with E-state index < -0.39 is 37.5 Å². The number of hydrogen-bond donors (Lipinski definition) is 6. The Morgan fingerprint density at radius 2 is 0.882 bits per heavy atom. The summed E-state index contributed by atoms with van der Waals surface area (Å²) >= 11 is -5.52. The van der Waals surface area contributed by atoms with Gasteiger partial charge in [0.25, 0.3) is 0 Å². The van der Waals surface area contributed by atoms with Gasteiger partial charge >= 0.3 is 51.9 Å². The van der Waals surface area contributed by atoms with Gasteiger partial charge in [-0.15, -0.1) is 0 Å². The molecule has 8 N–H and O–H groups in total. The standard InChI is InChI=1S/Mo.2H3NO4S.2H2O.2O/c;2*1-5-6(2,3)4;;;;/h;2*1H2,(H,2,3,4);2*1H2;;/q+2;;;;;;/p-2. The van der Waals surface area contributed by atoms with Crippen LogP contribution >= 0.6 is 0 Å². The first kappa shape index (κ1) is 22.1. The zero-order chi connectivity index (χ0) is 14.9. The van der Waals surface area contributed by atoms with Gasteiger partial charge in [0.05, 0.1) is 0 Å². The van der Waals surface area contributed by atoms with Crippen LogP contribution in [0.4, 0.5) is 0 Å². The third kappa shape index (κ3) is 88.6. The van der Waals surface area contributed by atoms with E-state index in [1.807, 2.05) is 0 Å². The first-order chi connectivity index (χ1) is 7.12. The molecule has 0 atom stereocenters. The fourth-order valence-electron chi connectivity index (χ4n) is 0. The van der Waals surface area contributed by atoms with Crippen molar-refractivity contribution in [1.29, 1.82) is 0 Å². The zero-order valence-corrected chi connectivity index (χ0v) is 11.1. The van der Waals surface area contributed by atoms with Gasteiger partial charge in [-0.25, -0.2) is 0 Å². The van der Waals surface area contributed by atoms with Crippen LogP contribution in [-0.2, 0) is 52.9 Å². The Morgan fingerprint density at radius 1 is 0.824 bits per heavy atom. The molecule has 17 heteroatoms. The summed E-state index contributed by atoms with van der Waals surface area (Å²) in [7, 11) is -8.77. The predicted octanol–water partition coefficient (Wildman–Crippen LogP) is -4.00. The van der Waals surface area contributed by atoms with Crippen LogP contribution in [0.15, 0.2) is 0 Å². The van der Waals surface area contributed by atoms with E-state index in [2.05, 4.69) is 20.4 Å². The third-order valence-electron chi connectivity index (χ3n) is 0.243. The van der Waals surface area contributed by atoms with Gasteiger partial charge in [-0.1, -0.05) is 0 Å². The molecular weight excluding hydrogens is 380 g/mol. The molecule has 14 nitrogen and oxygen atoms in total. The second-order valence-electron chi connectivity index (χ2n) is 1.50. The van der Waals surface area contributed by atoms with E-state index in [1.54, 1.807) is 0 Å². The molecule has 0 amide bonds. The van der Waals surface area contributed by atoms with Crippen molar-refractivity contribution < 1.29 is 65.6 Å². The van der Waals surface area contributed by atoms with Crippen LogP contribution in [0.2, 0.25) is 0 Å². The Bertz CT molecular complexity index is 427. The molecule has 0 bridgehead atoms. The third-order valence-corrected chi connectivity index (χ3v) is 0.730. The zero-order valence-electron chi connectivity index (χ0n) is 7.43. The van der Waals surface area contributed by atoms with Gasteiger partial charge in [-0.2, -0.15) is 37.2 Å². The molecule has 0 radical (unpaired) electrons. The fourth-order valence-corrected chi connectivity index (χ4v) is 0. The van der Waals surface area contributed by atoms with E-state index in [4.69, 9.17) is 23.4 Å². The van der Waals surface area contributed by atoms with E-state index in [0.717, 1.165) is 0 Å². The Labute approximate surface area is 98.3 Å². The Hall–Kier alpha value is -0.132. The van der Waals surface area contributed by atoms with Crippen LogP contribution in [-0.4, -0.2) is 33.5 Å². The Kier molecular flexibility index (Phi) is 11.5. The molecule has 108 valence electrons. The molecule has 0 aromatic carbocycles. The van der Waals surface area contributed by atoms with Crippen molar-refractivity contribution in [3.05, 3.63) is 0 Å². The number of rotatable bonds is 2. The van der Waals surface area contributed by atoms with Crippen molar-refractivity contribution in [3.63, 3.8) is 0 Å². The van der Waals surface area contributed by atoms with Crippen LogP contribution < -0.4 is 11.8 Å². The van der Waals surface area contributed by atoms with E-state index in [0.29, 0.717) is 0 Å². The van der Waals surface area contributed by atoms with Gasteiger partial charge in [-0.3, -0.25) is 9.11 Å². The molecule has 0 unspecified atom stereocenters. The van der Waals surface area contributed by atoms with E-state index in [-0.39, 0.29) is 0 Å². The summed E-state index contributed by atoms with van der Waals surface area (Å²) in [5.41, 5.74) is 0. The van der Waals surface area contributed by atoms with Crippen molar-refractivity contribution in [2.45, 2.75) is 0 Å². The van der Waals surface area contributed by atoms with Crippen molar-refractivity contribution >= 4 is 20.8 Å². The Balaban J connectivity index is -0.000000174. The van der Waals surface area contributed by atoms with Gasteiger partial charge < -0.3 is 0 Å². The maximum absolute atomic E-state index is 9.21. The average Bonchev–Trinajstić information content (AvgIpc) is 2.00. The van der Waals surface area contributed by atoms with Crippen LogP contribution in [0.1, 0.15) is 0 Å². The molecule has 0 heterocycles. The molecule has 0 rings (SSSR count). The van der Waals surface area contributed by atoms with Crippen molar-refractivity contribution in [3.8, 4) is 0 Å². The van der Waals surface area contributed by atoms with Crippen molar-refractivity contribution in [1.82, 2.24) is 0 Å². The summed E-state index contributed by atoms with van der Waals surface area (Å²) in [4.78, 5) is 0. The minimum absolute atomic E-state index is 2.97. The van der Waals surface area contributed by atoms with Crippen LogP contribution in [0, 0.1) is 0 Å². The minimum atomic E-state index is -5.52. The summed E-state index contributed by atoms with van der Waals surface area (Å²) in [6, 6.07) is 0. The van der Waals surface area contributed by atoms with Gasteiger partial charge in [-0.05, 0) is 0 Å². The summed E-state index contributed by atoms with van der Waals surface area (Å²) in [6.07, 6.45) is 0. The normalized spacial score (nSPS) is 11.6. The second-order valence-corrected chi connectivity index (χ2v) is 5.79. The first-order valence-electron chi connectivity index (χ1n) is 2.54. The van der Waals surface area contributed by atoms with Crippen LogP contribution in [0.5, 0.6) is 0 Å². The van der Waals surface area contributed by atoms with E-state index in [9.17, 15) is 16.8 Å². The molecule has 0 aliphatic carbocycles. The molecule has 0 aromatic rings. The van der Waals surface area contributed by atoms with Gasteiger partial charge in [0, 0.05) is 0 Å². The monoisotopic (exact) mass is 390 g/mol. The Morgan fingerprint density at radius 3 is 0.882 bits per heavy atom. The van der Waals surface area contributed by atoms with Crippen LogP contribution in [0.25, 0.3) is 0 Å². The second kappa shape index (κ2) is 8.89. The summed E-state index contributed by atoms with van der Waals surface area (Å²) < 4.78 is 89.7. The molecular formula is H8MoN2O12S2. The van der Waals surface area contributed by atoms with Crippen molar-refractivity contribution in [2.75, 3.05) is 0 Å². The van der Waals surface area contributed by atoms with E-state index >= 15 is 0 Å². The topological polar surface area (TPSA) is 254 Å². The number of nitrogens with two attached hydrogens (primary N) is 2. The molecule has 17 heavy (non-hydrogen) atoms. The summed E-state index contributed by atoms with van der Waals surface area (Å²) in [5, 5.41) is 0. The average molecular weight is 388 g/mol. The van der Waals surface area contributed by atoms with Gasteiger partial charge in [0.2, 0.25) is 0 Å². The summed E-state index contributed by atoms with van der Waals surface area (Å²) in [5.74, 6) is 7.94. The predicted molar refractivity (Wildman–Crippen MR) is 39.5 cm³/mol. The van der Waals surface area contributed by atoms with E-state index in [1.165, 1.54) is 0 Å². The molecule has 0 aromatic heterocycles. The molecule has 0 saturated heterocycles. The summed E-state index contributed by atoms with van der Waals surface area (Å²) in [6.45, 7) is 0. The first-order valence-corrected chi connectivity index (χ1v) is 8.70. The molecule has 0 aliphatic rings. The number of hydrogen-bond acceptors (Lipinski definition) is 10. The quantitative estimate of drug-likeness (QED) is 0.150. The molecule has 0 aliphatic heterocycles. The van der Waals surface area contributed by atoms with Crippen LogP contribution in [0.3, 0.4) is 0 Å². The molecule has 0 fully saturated rings. The van der Waals surface area contributed by atoms with Gasteiger partial charge in [0.15, 0.2) is 0 Å². The van der Waals surface area contributed by atoms with Gasteiger partial charge in [0.1, 0.15) is 0 Å².